The summed E-state index contributed by atoms with van der Waals surface area (Å²) in [5.41, 5.74) is 0. The number of ether oxygens (including phenoxy) is 1. The van der Waals surface area contributed by atoms with Crippen molar-refractivity contribution in [1.82, 2.24) is 5.32 Å². The Labute approximate surface area is 86.2 Å². The third-order valence-corrected chi connectivity index (χ3v) is 2.47. The van der Waals surface area contributed by atoms with Crippen LogP contribution in [-0.2, 0) is 9.53 Å². The Morgan fingerprint density at radius 1 is 1.43 bits per heavy atom. The van der Waals surface area contributed by atoms with Crippen LogP contribution < -0.4 is 5.32 Å². The lowest BCUT2D eigenvalue weighted by Crippen LogP contribution is -2.32. The van der Waals surface area contributed by atoms with Gasteiger partial charge in [0.15, 0.2) is 0 Å². The molecule has 1 aliphatic carbocycles. The lowest BCUT2D eigenvalue weighted by molar-refractivity contribution is -0.143. The minimum atomic E-state index is -0.120. The van der Waals surface area contributed by atoms with Crippen LogP contribution in [0.15, 0.2) is 0 Å². The topological polar surface area (TPSA) is 38.3 Å². The van der Waals surface area contributed by atoms with Gasteiger partial charge < -0.3 is 10.1 Å². The molecule has 3 nitrogen and oxygen atoms in total. The van der Waals surface area contributed by atoms with E-state index >= 15 is 0 Å². The molecule has 0 aliphatic heterocycles. The fourth-order valence-electron chi connectivity index (χ4n) is 1.67. The first-order valence-electron chi connectivity index (χ1n) is 5.57. The van der Waals surface area contributed by atoms with Crippen LogP contribution in [0.25, 0.3) is 0 Å². The molecule has 0 aromatic heterocycles. The van der Waals surface area contributed by atoms with Gasteiger partial charge in [0.1, 0.15) is 0 Å². The fourth-order valence-corrected chi connectivity index (χ4v) is 1.67. The molecule has 0 unspecified atom stereocenters. The Hall–Kier alpha value is -0.570. The average Bonchev–Trinajstić information content (AvgIpc) is 2.63. The summed E-state index contributed by atoms with van der Waals surface area (Å²) in [4.78, 5) is 11.2. The Morgan fingerprint density at radius 3 is 2.64 bits per heavy atom. The number of carbonyl (C=O) groups is 1. The first-order chi connectivity index (χ1) is 6.68. The van der Waals surface area contributed by atoms with Crippen LogP contribution in [0, 0.1) is 5.92 Å². The second kappa shape index (κ2) is 6.02. The van der Waals surface area contributed by atoms with Gasteiger partial charge in [-0.15, -0.1) is 0 Å². The van der Waals surface area contributed by atoms with Gasteiger partial charge in [0.2, 0.25) is 0 Å². The minimum Gasteiger partial charge on any atom is -0.464 e. The summed E-state index contributed by atoms with van der Waals surface area (Å²) in [5.74, 6) is 0.302. The third-order valence-electron chi connectivity index (χ3n) is 2.47. The van der Waals surface area contributed by atoms with E-state index in [0.29, 0.717) is 25.1 Å². The number of nitrogens with one attached hydrogen (secondary N) is 1. The first kappa shape index (κ1) is 11.5. The van der Waals surface area contributed by atoms with Crippen LogP contribution in [0.2, 0.25) is 0 Å². The quantitative estimate of drug-likeness (QED) is 0.685. The highest BCUT2D eigenvalue weighted by molar-refractivity contribution is 5.71. The SMILES string of the molecule is CC(C)COC(=O)CNC1CCCC1. The van der Waals surface area contributed by atoms with E-state index in [2.05, 4.69) is 5.32 Å². The van der Waals surface area contributed by atoms with Gasteiger partial charge in [0, 0.05) is 6.04 Å². The van der Waals surface area contributed by atoms with Crippen molar-refractivity contribution in [1.29, 1.82) is 0 Å². The molecule has 0 amide bonds. The Balaban J connectivity index is 2.02. The molecule has 0 bridgehead atoms. The molecule has 1 N–H and O–H groups in total. The summed E-state index contributed by atoms with van der Waals surface area (Å²) >= 11 is 0. The molecule has 0 spiro atoms. The zero-order valence-electron chi connectivity index (χ0n) is 9.21. The lowest BCUT2D eigenvalue weighted by atomic mass is 10.2. The summed E-state index contributed by atoms with van der Waals surface area (Å²) in [7, 11) is 0. The van der Waals surface area contributed by atoms with E-state index in [1.807, 2.05) is 13.8 Å². The van der Waals surface area contributed by atoms with E-state index in [1.54, 1.807) is 0 Å². The number of carbonyl (C=O) groups excluding carboxylic acids is 1. The van der Waals surface area contributed by atoms with Crippen molar-refractivity contribution in [3.8, 4) is 0 Å². The molecule has 0 aromatic carbocycles. The zero-order chi connectivity index (χ0) is 10.4. The molecule has 1 rings (SSSR count). The second-order valence-electron chi connectivity index (χ2n) is 4.44. The average molecular weight is 199 g/mol. The van der Waals surface area contributed by atoms with Crippen LogP contribution in [0.3, 0.4) is 0 Å². The van der Waals surface area contributed by atoms with Gasteiger partial charge in [0.05, 0.1) is 13.2 Å². The van der Waals surface area contributed by atoms with Crippen LogP contribution in [-0.4, -0.2) is 25.2 Å². The molecule has 14 heavy (non-hydrogen) atoms. The number of esters is 1. The Kier molecular flexibility index (Phi) is 4.94. The van der Waals surface area contributed by atoms with Crippen LogP contribution in [0.5, 0.6) is 0 Å². The molecule has 0 atom stereocenters. The van der Waals surface area contributed by atoms with Crippen LogP contribution in [0.4, 0.5) is 0 Å². The van der Waals surface area contributed by atoms with Crippen molar-refractivity contribution >= 4 is 5.97 Å². The molecule has 0 aromatic rings. The predicted octanol–water partition coefficient (Wildman–Crippen LogP) is 1.72. The van der Waals surface area contributed by atoms with Crippen LogP contribution >= 0.6 is 0 Å². The van der Waals surface area contributed by atoms with Gasteiger partial charge in [-0.05, 0) is 18.8 Å². The van der Waals surface area contributed by atoms with E-state index in [4.69, 9.17) is 4.74 Å². The lowest BCUT2D eigenvalue weighted by Gasteiger charge is -2.11. The van der Waals surface area contributed by atoms with E-state index in [-0.39, 0.29) is 5.97 Å². The van der Waals surface area contributed by atoms with Crippen LogP contribution in [0.1, 0.15) is 39.5 Å². The van der Waals surface area contributed by atoms with Crippen molar-refractivity contribution < 1.29 is 9.53 Å². The van der Waals surface area contributed by atoms with Gasteiger partial charge in [-0.3, -0.25) is 4.79 Å². The van der Waals surface area contributed by atoms with Gasteiger partial charge in [0.25, 0.3) is 0 Å². The van der Waals surface area contributed by atoms with Crippen molar-refractivity contribution in [2.75, 3.05) is 13.2 Å². The summed E-state index contributed by atoms with van der Waals surface area (Å²) in [6.45, 7) is 4.98. The highest BCUT2D eigenvalue weighted by Crippen LogP contribution is 2.17. The third kappa shape index (κ3) is 4.61. The molecule has 1 fully saturated rings. The van der Waals surface area contributed by atoms with Gasteiger partial charge in [-0.1, -0.05) is 26.7 Å². The molecular weight excluding hydrogens is 178 g/mol. The second-order valence-corrected chi connectivity index (χ2v) is 4.44. The maximum Gasteiger partial charge on any atom is 0.319 e. The normalized spacial score (nSPS) is 17.6. The molecule has 0 saturated heterocycles. The zero-order valence-corrected chi connectivity index (χ0v) is 9.21. The maximum atomic E-state index is 11.2. The molecule has 1 saturated carbocycles. The maximum absolute atomic E-state index is 11.2. The van der Waals surface area contributed by atoms with E-state index in [9.17, 15) is 4.79 Å². The van der Waals surface area contributed by atoms with Crippen molar-refractivity contribution in [3.05, 3.63) is 0 Å². The van der Waals surface area contributed by atoms with Crippen molar-refractivity contribution in [2.45, 2.75) is 45.6 Å². The minimum absolute atomic E-state index is 0.120. The highest BCUT2D eigenvalue weighted by atomic mass is 16.5. The molecule has 0 heterocycles. The first-order valence-corrected chi connectivity index (χ1v) is 5.57. The molecule has 3 heteroatoms. The standard InChI is InChI=1S/C11H21NO2/c1-9(2)8-14-11(13)7-12-10-5-3-4-6-10/h9-10,12H,3-8H2,1-2H3. The van der Waals surface area contributed by atoms with Gasteiger partial charge in [-0.2, -0.15) is 0 Å². The van der Waals surface area contributed by atoms with Crippen molar-refractivity contribution in [3.63, 3.8) is 0 Å². The molecule has 82 valence electrons. The highest BCUT2D eigenvalue weighted by Gasteiger charge is 2.15. The number of hydrogen-bond donors (Lipinski definition) is 1. The fraction of sp³-hybridized carbons (Fsp3) is 0.909. The molecule has 1 aliphatic rings. The predicted molar refractivity (Wildman–Crippen MR) is 56.1 cm³/mol. The summed E-state index contributed by atoms with van der Waals surface area (Å²) in [6.07, 6.45) is 4.99. The van der Waals surface area contributed by atoms with Gasteiger partial charge in [-0.25, -0.2) is 0 Å². The smallest absolute Gasteiger partial charge is 0.319 e. The Bertz CT molecular complexity index is 174. The van der Waals surface area contributed by atoms with E-state index in [0.717, 1.165) is 0 Å². The van der Waals surface area contributed by atoms with Gasteiger partial charge >= 0.3 is 5.97 Å². The number of hydrogen-bond acceptors (Lipinski definition) is 3. The van der Waals surface area contributed by atoms with E-state index in [1.165, 1.54) is 25.7 Å². The summed E-state index contributed by atoms with van der Waals surface area (Å²) in [6, 6.07) is 0.543. The molecular formula is C11H21NO2. The van der Waals surface area contributed by atoms with Crippen molar-refractivity contribution in [2.24, 2.45) is 5.92 Å². The molecule has 0 radical (unpaired) electrons. The largest absolute Gasteiger partial charge is 0.464 e. The monoisotopic (exact) mass is 199 g/mol. The number of rotatable bonds is 5. The van der Waals surface area contributed by atoms with E-state index < -0.39 is 0 Å². The summed E-state index contributed by atoms with van der Waals surface area (Å²) in [5, 5.41) is 3.23. The Morgan fingerprint density at radius 2 is 2.07 bits per heavy atom. The summed E-state index contributed by atoms with van der Waals surface area (Å²) < 4.78 is 5.06.